The summed E-state index contributed by atoms with van der Waals surface area (Å²) in [5.41, 5.74) is 2.72. The summed E-state index contributed by atoms with van der Waals surface area (Å²) >= 11 is 0. The van der Waals surface area contributed by atoms with Gasteiger partial charge in [0.15, 0.2) is 0 Å². The predicted molar refractivity (Wildman–Crippen MR) is 136 cm³/mol. The molecule has 1 N–H and O–H groups in total. The second-order valence-electron chi connectivity index (χ2n) is 8.39. The number of rotatable bonds is 8. The maximum atomic E-state index is 13.3. The fourth-order valence-corrected chi connectivity index (χ4v) is 4.23. The highest BCUT2D eigenvalue weighted by molar-refractivity contribution is 6.51. The number of aliphatic hydroxyl groups is 1. The summed E-state index contributed by atoms with van der Waals surface area (Å²) in [6.45, 7) is 6.91. The van der Waals surface area contributed by atoms with Gasteiger partial charge < -0.3 is 14.6 Å². The Morgan fingerprint density at radius 1 is 0.914 bits per heavy atom. The van der Waals surface area contributed by atoms with E-state index in [9.17, 15) is 14.7 Å². The first kappa shape index (κ1) is 24.1. The van der Waals surface area contributed by atoms with E-state index in [1.807, 2.05) is 45.0 Å². The largest absolute Gasteiger partial charge is 0.507 e. The van der Waals surface area contributed by atoms with Gasteiger partial charge in [-0.15, -0.1) is 0 Å². The molecule has 3 aromatic rings. The van der Waals surface area contributed by atoms with Crippen molar-refractivity contribution in [3.8, 4) is 11.5 Å². The molecule has 6 heteroatoms. The lowest BCUT2D eigenvalue weighted by molar-refractivity contribution is -0.132. The number of nitrogens with zero attached hydrogens (tertiary/aromatic N) is 1. The quantitative estimate of drug-likeness (QED) is 0.255. The van der Waals surface area contributed by atoms with Crippen molar-refractivity contribution in [1.29, 1.82) is 0 Å². The molecule has 4 rings (SSSR count). The van der Waals surface area contributed by atoms with Crippen LogP contribution >= 0.6 is 0 Å². The number of aliphatic hydroxyl groups excluding tert-OH is 1. The van der Waals surface area contributed by atoms with Crippen molar-refractivity contribution < 1.29 is 24.2 Å². The molecule has 1 aliphatic rings. The first-order chi connectivity index (χ1) is 16.9. The summed E-state index contributed by atoms with van der Waals surface area (Å²) in [6, 6.07) is 20.8. The number of carbonyl (C=O) groups excluding carboxylic acids is 2. The Labute approximate surface area is 205 Å². The second-order valence-corrected chi connectivity index (χ2v) is 8.39. The van der Waals surface area contributed by atoms with Crippen LogP contribution in [0.25, 0.3) is 5.76 Å². The Morgan fingerprint density at radius 2 is 1.66 bits per heavy atom. The highest BCUT2D eigenvalue weighted by Crippen LogP contribution is 2.42. The second kappa shape index (κ2) is 10.5. The lowest BCUT2D eigenvalue weighted by Gasteiger charge is -2.26. The Bertz CT molecular complexity index is 1260. The van der Waals surface area contributed by atoms with Gasteiger partial charge in [0, 0.05) is 11.3 Å². The van der Waals surface area contributed by atoms with Crippen molar-refractivity contribution in [3.05, 3.63) is 95.1 Å². The van der Waals surface area contributed by atoms with Crippen LogP contribution in [0.3, 0.4) is 0 Å². The first-order valence-corrected chi connectivity index (χ1v) is 11.8. The van der Waals surface area contributed by atoms with E-state index >= 15 is 0 Å². The molecule has 0 saturated carbocycles. The highest BCUT2D eigenvalue weighted by atomic mass is 16.5. The van der Waals surface area contributed by atoms with E-state index in [4.69, 9.17) is 9.47 Å². The number of benzene rings is 3. The zero-order valence-electron chi connectivity index (χ0n) is 20.2. The number of amides is 1. The van der Waals surface area contributed by atoms with Gasteiger partial charge in [-0.25, -0.2) is 0 Å². The summed E-state index contributed by atoms with van der Waals surface area (Å²) in [5.74, 6) is -0.402. The number of Topliss-reactive ketones (excluding diaryl/α,β-unsaturated/α-hetero) is 1. The van der Waals surface area contributed by atoms with Gasteiger partial charge in [-0.3, -0.25) is 14.5 Å². The van der Waals surface area contributed by atoms with E-state index in [1.165, 1.54) is 4.90 Å². The normalized spacial score (nSPS) is 17.0. The van der Waals surface area contributed by atoms with E-state index in [2.05, 4.69) is 0 Å². The maximum Gasteiger partial charge on any atom is 0.300 e. The predicted octanol–water partition coefficient (Wildman–Crippen LogP) is 5.81. The molecule has 0 aliphatic carbocycles. The zero-order chi connectivity index (χ0) is 24.9. The van der Waals surface area contributed by atoms with Crippen molar-refractivity contribution in [1.82, 2.24) is 0 Å². The summed E-state index contributed by atoms with van der Waals surface area (Å²) < 4.78 is 11.2. The molecule has 35 heavy (non-hydrogen) atoms. The molecule has 1 saturated heterocycles. The molecule has 1 fully saturated rings. The third-order valence-electron chi connectivity index (χ3n) is 5.81. The van der Waals surface area contributed by atoms with Gasteiger partial charge in [-0.05, 0) is 62.2 Å². The van der Waals surface area contributed by atoms with Crippen LogP contribution in [0.5, 0.6) is 11.5 Å². The van der Waals surface area contributed by atoms with E-state index in [1.54, 1.807) is 48.5 Å². The van der Waals surface area contributed by atoms with Crippen LogP contribution in [0.1, 0.15) is 43.0 Å². The van der Waals surface area contributed by atoms with Crippen LogP contribution < -0.4 is 14.4 Å². The van der Waals surface area contributed by atoms with E-state index in [0.29, 0.717) is 36.0 Å². The number of carbonyl (C=O) groups is 2. The first-order valence-electron chi connectivity index (χ1n) is 11.8. The number of hydrogen-bond donors (Lipinski definition) is 1. The van der Waals surface area contributed by atoms with Gasteiger partial charge in [0.05, 0.1) is 24.8 Å². The number of ketones is 1. The number of aryl methyl sites for hydroxylation is 1. The molecule has 1 unspecified atom stereocenters. The molecule has 0 radical (unpaired) electrons. The molecule has 1 atom stereocenters. The van der Waals surface area contributed by atoms with Gasteiger partial charge >= 0.3 is 0 Å². The van der Waals surface area contributed by atoms with Crippen LogP contribution in [0.4, 0.5) is 5.69 Å². The zero-order valence-corrected chi connectivity index (χ0v) is 20.2. The molecule has 0 bridgehead atoms. The number of anilines is 1. The van der Waals surface area contributed by atoms with Crippen molar-refractivity contribution in [3.63, 3.8) is 0 Å². The van der Waals surface area contributed by atoms with Crippen LogP contribution in [-0.4, -0.2) is 30.0 Å². The van der Waals surface area contributed by atoms with Crippen LogP contribution in [0, 0.1) is 6.92 Å². The average Bonchev–Trinajstić information content (AvgIpc) is 3.13. The summed E-state index contributed by atoms with van der Waals surface area (Å²) in [5, 5.41) is 11.3. The monoisotopic (exact) mass is 471 g/mol. The molecule has 180 valence electrons. The van der Waals surface area contributed by atoms with Gasteiger partial charge in [0.1, 0.15) is 17.3 Å². The molecule has 3 aromatic carbocycles. The molecule has 1 heterocycles. The smallest absolute Gasteiger partial charge is 0.300 e. The number of hydrogen-bond acceptors (Lipinski definition) is 5. The molecule has 1 amide bonds. The van der Waals surface area contributed by atoms with Crippen molar-refractivity contribution in [2.24, 2.45) is 0 Å². The lowest BCUT2D eigenvalue weighted by atomic mass is 9.94. The fourth-order valence-electron chi connectivity index (χ4n) is 4.23. The molecular formula is C29H29NO5. The van der Waals surface area contributed by atoms with Gasteiger partial charge in [0.25, 0.3) is 11.7 Å². The highest BCUT2D eigenvalue weighted by Gasteiger charge is 2.47. The maximum absolute atomic E-state index is 13.3. The third-order valence-corrected chi connectivity index (χ3v) is 5.81. The van der Waals surface area contributed by atoms with Gasteiger partial charge in [-0.2, -0.15) is 0 Å². The van der Waals surface area contributed by atoms with Gasteiger partial charge in [-0.1, -0.05) is 48.9 Å². The SMILES string of the molecule is CCCOc1cccc(/C(O)=C2/C(=O)C(=O)N(c3ccc(OCC)cc3)C2c2cccc(C)c2)c1. The molecule has 1 aliphatic heterocycles. The minimum Gasteiger partial charge on any atom is -0.507 e. The third kappa shape index (κ3) is 4.92. The van der Waals surface area contributed by atoms with Crippen molar-refractivity contribution in [2.75, 3.05) is 18.1 Å². The van der Waals surface area contributed by atoms with Crippen LogP contribution in [0.15, 0.2) is 78.4 Å². The van der Waals surface area contributed by atoms with Crippen LogP contribution in [0.2, 0.25) is 0 Å². The van der Waals surface area contributed by atoms with Gasteiger partial charge in [0.2, 0.25) is 0 Å². The van der Waals surface area contributed by atoms with Crippen molar-refractivity contribution >= 4 is 23.1 Å². The Kier molecular flexibility index (Phi) is 7.20. The topological polar surface area (TPSA) is 76.1 Å². The summed E-state index contributed by atoms with van der Waals surface area (Å²) in [6.07, 6.45) is 0.844. The standard InChI is InChI=1S/C29H29NO5/c1-4-16-35-24-11-7-10-21(18-24)27(31)25-26(20-9-6-8-19(3)17-20)30(29(33)28(25)32)22-12-14-23(15-13-22)34-5-2/h6-15,17-18,26,31H,4-5,16H2,1-3H3/b27-25-. The Balaban J connectivity index is 1.85. The van der Waals surface area contributed by atoms with E-state index < -0.39 is 17.7 Å². The average molecular weight is 472 g/mol. The minimum atomic E-state index is -0.784. The summed E-state index contributed by atoms with van der Waals surface area (Å²) in [7, 11) is 0. The molecule has 0 aromatic heterocycles. The lowest BCUT2D eigenvalue weighted by Crippen LogP contribution is -2.29. The van der Waals surface area contributed by atoms with E-state index in [-0.39, 0.29) is 11.3 Å². The Morgan fingerprint density at radius 3 is 2.34 bits per heavy atom. The molecular weight excluding hydrogens is 442 g/mol. The molecule has 0 spiro atoms. The van der Waals surface area contributed by atoms with Crippen molar-refractivity contribution in [2.45, 2.75) is 33.2 Å². The minimum absolute atomic E-state index is 0.0436. The summed E-state index contributed by atoms with van der Waals surface area (Å²) in [4.78, 5) is 28.1. The van der Waals surface area contributed by atoms with E-state index in [0.717, 1.165) is 17.5 Å². The Hall–Kier alpha value is -4.06. The molecule has 6 nitrogen and oxygen atoms in total. The van der Waals surface area contributed by atoms with Crippen LogP contribution in [-0.2, 0) is 9.59 Å². The number of ether oxygens (including phenoxy) is 2. The fraction of sp³-hybridized carbons (Fsp3) is 0.241.